The molecular formula is C19H23Cl2N3O6. The van der Waals surface area contributed by atoms with Crippen LogP contribution in [0.5, 0.6) is 5.75 Å². The molecule has 1 aromatic carbocycles. The number of benzene rings is 1. The van der Waals surface area contributed by atoms with Crippen molar-refractivity contribution in [3.63, 3.8) is 0 Å². The van der Waals surface area contributed by atoms with Crippen LogP contribution < -0.4 is 15.0 Å². The van der Waals surface area contributed by atoms with E-state index in [4.69, 9.17) is 33.0 Å². The highest BCUT2D eigenvalue weighted by atomic mass is 35.5. The first kappa shape index (κ1) is 23.8. The second kappa shape index (κ2) is 10.5. The van der Waals surface area contributed by atoms with Crippen molar-refractivity contribution >= 4 is 52.8 Å². The van der Waals surface area contributed by atoms with Crippen molar-refractivity contribution in [3.05, 3.63) is 22.2 Å². The van der Waals surface area contributed by atoms with E-state index in [1.165, 1.54) is 12.1 Å². The van der Waals surface area contributed by atoms with Crippen molar-refractivity contribution in [3.8, 4) is 5.75 Å². The summed E-state index contributed by atoms with van der Waals surface area (Å²) in [6.45, 7) is 3.37. The largest absolute Gasteiger partial charge is 0.490 e. The minimum atomic E-state index is -0.844. The average molecular weight is 460 g/mol. The lowest BCUT2D eigenvalue weighted by Crippen LogP contribution is -2.45. The molecule has 2 rings (SSSR count). The summed E-state index contributed by atoms with van der Waals surface area (Å²) >= 11 is 12.5. The molecule has 5 amide bonds. The molecule has 1 heterocycles. The molecule has 0 bridgehead atoms. The molecule has 0 radical (unpaired) electrons. The van der Waals surface area contributed by atoms with Gasteiger partial charge in [-0.3, -0.25) is 9.59 Å². The van der Waals surface area contributed by atoms with E-state index in [0.717, 1.165) is 9.80 Å². The van der Waals surface area contributed by atoms with E-state index in [1.807, 2.05) is 0 Å². The standard InChI is InChI=1S/C19H23Cl2N3O6/c1-11(2)22-18(28)23-10-15(25)24(19(23)29)12-8-13(20)17(14(21)9-12)30-7-5-3-4-6-16(26)27/h8-9,11H,3-7,10H2,1-2H3,(H,22,28)(H,26,27). The lowest BCUT2D eigenvalue weighted by atomic mass is 10.2. The Bertz CT molecular complexity index is 823. The second-order valence-corrected chi connectivity index (χ2v) is 7.81. The summed E-state index contributed by atoms with van der Waals surface area (Å²) < 4.78 is 5.57. The molecule has 11 heteroatoms. The molecule has 0 saturated carbocycles. The zero-order valence-electron chi connectivity index (χ0n) is 16.6. The lowest BCUT2D eigenvalue weighted by Gasteiger charge is -2.19. The number of halogens is 2. The van der Waals surface area contributed by atoms with Crippen molar-refractivity contribution in [2.75, 3.05) is 18.1 Å². The molecule has 0 atom stereocenters. The number of imide groups is 2. The van der Waals surface area contributed by atoms with Gasteiger partial charge in [-0.25, -0.2) is 19.4 Å². The molecule has 1 aromatic rings. The first-order valence-corrected chi connectivity index (χ1v) is 10.2. The Morgan fingerprint density at radius 3 is 2.37 bits per heavy atom. The molecule has 2 N–H and O–H groups in total. The number of hydrogen-bond donors (Lipinski definition) is 2. The third kappa shape index (κ3) is 5.99. The summed E-state index contributed by atoms with van der Waals surface area (Å²) in [5.41, 5.74) is 0.133. The first-order valence-electron chi connectivity index (χ1n) is 9.40. The topological polar surface area (TPSA) is 116 Å². The van der Waals surface area contributed by atoms with Gasteiger partial charge in [-0.05, 0) is 45.2 Å². The van der Waals surface area contributed by atoms with Gasteiger partial charge in [-0.1, -0.05) is 23.2 Å². The number of carboxylic acid groups (broad SMARTS) is 1. The maximum atomic E-state index is 12.6. The van der Waals surface area contributed by atoms with Crippen molar-refractivity contribution in [2.24, 2.45) is 0 Å². The van der Waals surface area contributed by atoms with Crippen LogP contribution in [0.1, 0.15) is 39.5 Å². The van der Waals surface area contributed by atoms with Gasteiger partial charge in [-0.2, -0.15) is 0 Å². The number of nitrogens with one attached hydrogen (secondary N) is 1. The monoisotopic (exact) mass is 459 g/mol. The minimum absolute atomic E-state index is 0.0975. The predicted molar refractivity (Wildman–Crippen MR) is 111 cm³/mol. The van der Waals surface area contributed by atoms with Gasteiger partial charge in [0.1, 0.15) is 6.54 Å². The maximum absolute atomic E-state index is 12.6. The third-order valence-corrected chi connectivity index (χ3v) is 4.71. The van der Waals surface area contributed by atoms with Crippen LogP contribution in [0.15, 0.2) is 12.1 Å². The molecule has 9 nitrogen and oxygen atoms in total. The molecule has 1 aliphatic heterocycles. The van der Waals surface area contributed by atoms with Gasteiger partial charge in [0, 0.05) is 12.5 Å². The molecule has 0 aliphatic carbocycles. The fourth-order valence-electron chi connectivity index (χ4n) is 2.78. The smallest absolute Gasteiger partial charge is 0.340 e. The fourth-order valence-corrected chi connectivity index (χ4v) is 3.37. The predicted octanol–water partition coefficient (Wildman–Crippen LogP) is 3.90. The van der Waals surface area contributed by atoms with Crippen LogP contribution in [-0.4, -0.2) is 53.1 Å². The van der Waals surface area contributed by atoms with Crippen LogP contribution in [0.3, 0.4) is 0 Å². The summed E-state index contributed by atoms with van der Waals surface area (Å²) in [5, 5.41) is 11.4. The fraction of sp³-hybridized carbons (Fsp3) is 0.474. The molecule has 30 heavy (non-hydrogen) atoms. The highest BCUT2D eigenvalue weighted by molar-refractivity contribution is 6.38. The molecule has 1 saturated heterocycles. The van der Waals surface area contributed by atoms with E-state index in [2.05, 4.69) is 5.32 Å². The number of rotatable bonds is 9. The maximum Gasteiger partial charge on any atom is 0.340 e. The number of hydrogen-bond acceptors (Lipinski definition) is 5. The Balaban J connectivity index is 2.05. The number of unbranched alkanes of at least 4 members (excludes halogenated alkanes) is 2. The minimum Gasteiger partial charge on any atom is -0.490 e. The number of carboxylic acids is 1. The number of carbonyl (C=O) groups excluding carboxylic acids is 3. The SMILES string of the molecule is CC(C)NC(=O)N1CC(=O)N(c2cc(Cl)c(OCCCCCC(=O)O)c(Cl)c2)C1=O. The number of aliphatic carboxylic acids is 1. The third-order valence-electron chi connectivity index (χ3n) is 4.14. The normalized spacial score (nSPS) is 13.9. The lowest BCUT2D eigenvalue weighted by molar-refractivity contribution is -0.137. The summed E-state index contributed by atoms with van der Waals surface area (Å²) in [4.78, 5) is 49.2. The molecule has 164 valence electrons. The zero-order chi connectivity index (χ0) is 22.4. The Morgan fingerprint density at radius 2 is 1.80 bits per heavy atom. The summed E-state index contributed by atoms with van der Waals surface area (Å²) in [7, 11) is 0. The number of carbonyl (C=O) groups is 4. The summed E-state index contributed by atoms with van der Waals surface area (Å²) in [5.74, 6) is -1.23. The van der Waals surface area contributed by atoms with Crippen molar-refractivity contribution in [1.29, 1.82) is 0 Å². The Kier molecular flexibility index (Phi) is 8.31. The Hall–Kier alpha value is -2.52. The average Bonchev–Trinajstić information content (AvgIpc) is 2.93. The van der Waals surface area contributed by atoms with E-state index in [1.54, 1.807) is 13.8 Å². The first-order chi connectivity index (χ1) is 14.1. The van der Waals surface area contributed by atoms with Crippen LogP contribution in [0.4, 0.5) is 15.3 Å². The van der Waals surface area contributed by atoms with Gasteiger partial charge in [0.05, 0.1) is 22.3 Å². The number of amides is 5. The number of urea groups is 2. The molecule has 0 unspecified atom stereocenters. The van der Waals surface area contributed by atoms with Gasteiger partial charge in [0.15, 0.2) is 5.75 Å². The van der Waals surface area contributed by atoms with Gasteiger partial charge in [0.2, 0.25) is 0 Å². The molecule has 0 aromatic heterocycles. The van der Waals surface area contributed by atoms with Gasteiger partial charge in [-0.15, -0.1) is 0 Å². The van der Waals surface area contributed by atoms with E-state index < -0.39 is 23.9 Å². The quantitative estimate of drug-likeness (QED) is 0.427. The molecule has 1 aliphatic rings. The van der Waals surface area contributed by atoms with Crippen LogP contribution in [0.2, 0.25) is 10.0 Å². The molecular weight excluding hydrogens is 437 g/mol. The second-order valence-electron chi connectivity index (χ2n) is 6.99. The molecule has 0 spiro atoms. The van der Waals surface area contributed by atoms with Crippen LogP contribution in [0, 0.1) is 0 Å². The Labute approximate surface area is 183 Å². The van der Waals surface area contributed by atoms with E-state index >= 15 is 0 Å². The van der Waals surface area contributed by atoms with Crippen LogP contribution in [-0.2, 0) is 9.59 Å². The van der Waals surface area contributed by atoms with Crippen LogP contribution >= 0.6 is 23.2 Å². The van der Waals surface area contributed by atoms with E-state index in [-0.39, 0.29) is 47.1 Å². The summed E-state index contributed by atoms with van der Waals surface area (Å²) in [6.07, 6.45) is 1.93. The van der Waals surface area contributed by atoms with Gasteiger partial charge in [0.25, 0.3) is 5.91 Å². The van der Waals surface area contributed by atoms with E-state index in [0.29, 0.717) is 19.3 Å². The number of nitrogens with zero attached hydrogens (tertiary/aromatic N) is 2. The summed E-state index contributed by atoms with van der Waals surface area (Å²) in [6, 6.07) is 1.09. The highest BCUT2D eigenvalue weighted by Crippen LogP contribution is 2.38. The Morgan fingerprint density at radius 1 is 1.17 bits per heavy atom. The van der Waals surface area contributed by atoms with Crippen LogP contribution in [0.25, 0.3) is 0 Å². The van der Waals surface area contributed by atoms with Crippen molar-refractivity contribution < 1.29 is 29.0 Å². The number of ether oxygens (including phenoxy) is 1. The van der Waals surface area contributed by atoms with E-state index in [9.17, 15) is 19.2 Å². The zero-order valence-corrected chi connectivity index (χ0v) is 18.1. The van der Waals surface area contributed by atoms with Crippen molar-refractivity contribution in [2.45, 2.75) is 45.6 Å². The number of anilines is 1. The highest BCUT2D eigenvalue weighted by Gasteiger charge is 2.41. The van der Waals surface area contributed by atoms with Crippen molar-refractivity contribution in [1.82, 2.24) is 10.2 Å². The molecule has 1 fully saturated rings. The van der Waals surface area contributed by atoms with Gasteiger partial charge >= 0.3 is 18.0 Å². The van der Waals surface area contributed by atoms with Gasteiger partial charge < -0.3 is 15.2 Å².